The van der Waals surface area contributed by atoms with E-state index in [0.29, 0.717) is 46.3 Å². The minimum absolute atomic E-state index is 0.249. The van der Waals surface area contributed by atoms with Gasteiger partial charge in [0.1, 0.15) is 23.6 Å². The number of hydrogen-bond acceptors (Lipinski definition) is 8. The monoisotopic (exact) mass is 660 g/mol. The molecule has 1 aliphatic heterocycles. The highest BCUT2D eigenvalue weighted by Gasteiger charge is 2.23. The zero-order valence-electron chi connectivity index (χ0n) is 26.9. The molecule has 0 bridgehead atoms. The van der Waals surface area contributed by atoms with Crippen LogP contribution in [0.4, 0.5) is 0 Å². The zero-order valence-corrected chi connectivity index (χ0v) is 28.6. The number of carbonyl (C=O) groups is 1. The van der Waals surface area contributed by atoms with E-state index in [1.54, 1.807) is 24.8 Å². The molecule has 0 spiro atoms. The molecule has 1 N–H and O–H groups in total. The topological polar surface area (TPSA) is 112 Å². The Labute approximate surface area is 274 Å². The first kappa shape index (κ1) is 32.3. The van der Waals surface area contributed by atoms with Crippen molar-refractivity contribution in [1.29, 1.82) is 0 Å². The number of pyridine rings is 1. The van der Waals surface area contributed by atoms with Crippen LogP contribution in [0.15, 0.2) is 55.1 Å². The van der Waals surface area contributed by atoms with Gasteiger partial charge in [-0.15, -0.1) is 0 Å². The van der Waals surface area contributed by atoms with E-state index >= 15 is 0 Å². The van der Waals surface area contributed by atoms with E-state index in [1.807, 2.05) is 46.5 Å². The molecule has 242 valence electrons. The zero-order chi connectivity index (χ0) is 32.3. The van der Waals surface area contributed by atoms with Crippen LogP contribution >= 0.6 is 11.6 Å². The summed E-state index contributed by atoms with van der Waals surface area (Å²) in [5.74, 6) is -0.249. The Bertz CT molecular complexity index is 1810. The average molecular weight is 661 g/mol. The summed E-state index contributed by atoms with van der Waals surface area (Å²) >= 11 is 6.44. The van der Waals surface area contributed by atoms with E-state index in [0.717, 1.165) is 55.4 Å². The third kappa shape index (κ3) is 7.47. The molecule has 5 aromatic rings. The molecular weight excluding hydrogens is 620 g/mol. The Morgan fingerprint density at radius 3 is 2.74 bits per heavy atom. The summed E-state index contributed by atoms with van der Waals surface area (Å²) in [5.41, 5.74) is 4.60. The van der Waals surface area contributed by atoms with Gasteiger partial charge in [0, 0.05) is 63.3 Å². The summed E-state index contributed by atoms with van der Waals surface area (Å²) in [6, 6.07) is 10.4. The summed E-state index contributed by atoms with van der Waals surface area (Å²) in [4.78, 5) is 30.2. The maximum absolute atomic E-state index is 13.8. The number of morpholine rings is 1. The highest BCUT2D eigenvalue weighted by atomic mass is 35.5. The van der Waals surface area contributed by atoms with E-state index in [4.69, 9.17) is 36.1 Å². The lowest BCUT2D eigenvalue weighted by Crippen LogP contribution is -2.38. The maximum Gasteiger partial charge on any atom is 0.255 e. The number of halogens is 1. The third-order valence-corrected chi connectivity index (χ3v) is 10.2. The fraction of sp³-hybridized carbons (Fsp3) is 0.424. The highest BCUT2D eigenvalue weighted by Crippen LogP contribution is 2.31. The molecule has 11 nitrogen and oxygen atoms in total. The number of nitrogens with one attached hydrogen (secondary N) is 1. The number of amides is 1. The smallest absolute Gasteiger partial charge is 0.255 e. The van der Waals surface area contributed by atoms with Crippen LogP contribution in [0.3, 0.4) is 0 Å². The van der Waals surface area contributed by atoms with Gasteiger partial charge in [-0.3, -0.25) is 19.4 Å². The van der Waals surface area contributed by atoms with Crippen molar-refractivity contribution in [3.63, 3.8) is 0 Å². The van der Waals surface area contributed by atoms with Crippen molar-refractivity contribution in [2.75, 3.05) is 39.5 Å². The number of hydrogen-bond donors (Lipinski definition) is 1. The van der Waals surface area contributed by atoms with Crippen molar-refractivity contribution in [2.45, 2.75) is 51.9 Å². The Kier molecular flexibility index (Phi) is 9.80. The van der Waals surface area contributed by atoms with Gasteiger partial charge in [-0.2, -0.15) is 5.10 Å². The van der Waals surface area contributed by atoms with Gasteiger partial charge in [-0.25, -0.2) is 9.97 Å². The van der Waals surface area contributed by atoms with Gasteiger partial charge >= 0.3 is 0 Å². The lowest BCUT2D eigenvalue weighted by molar-refractivity contribution is 0.0361. The van der Waals surface area contributed by atoms with Crippen LogP contribution in [0.25, 0.3) is 33.5 Å². The lowest BCUT2D eigenvalue weighted by atomic mass is 10.1. The second-order valence-electron chi connectivity index (χ2n) is 13.0. The van der Waals surface area contributed by atoms with Crippen LogP contribution in [-0.2, 0) is 22.7 Å². The molecule has 1 aliphatic rings. The van der Waals surface area contributed by atoms with Crippen LogP contribution in [0, 0.1) is 0 Å². The summed E-state index contributed by atoms with van der Waals surface area (Å²) in [6.07, 6.45) is 6.98. The molecule has 1 atom stereocenters. The molecule has 0 saturated carbocycles. The van der Waals surface area contributed by atoms with Crippen molar-refractivity contribution in [3.8, 4) is 11.4 Å². The van der Waals surface area contributed by atoms with Gasteiger partial charge in [0.25, 0.3) is 5.91 Å². The molecule has 1 aromatic carbocycles. The van der Waals surface area contributed by atoms with E-state index in [-0.39, 0.29) is 18.7 Å². The van der Waals surface area contributed by atoms with Crippen LogP contribution in [0.1, 0.15) is 28.9 Å². The highest BCUT2D eigenvalue weighted by molar-refractivity contribution is 6.76. The summed E-state index contributed by atoms with van der Waals surface area (Å²) in [5, 5.41) is 9.68. The summed E-state index contributed by atoms with van der Waals surface area (Å²) < 4.78 is 15.4. The van der Waals surface area contributed by atoms with Crippen molar-refractivity contribution >= 4 is 47.6 Å². The number of nitrogens with zero attached hydrogens (tertiary/aromatic N) is 7. The van der Waals surface area contributed by atoms with Crippen LogP contribution in [0.2, 0.25) is 30.7 Å². The number of rotatable bonds is 12. The fourth-order valence-electron chi connectivity index (χ4n) is 5.53. The molecule has 1 saturated heterocycles. The number of benzene rings is 1. The molecule has 4 aromatic heterocycles. The number of aromatic nitrogens is 6. The summed E-state index contributed by atoms with van der Waals surface area (Å²) in [7, 11) is -1.25. The molecule has 13 heteroatoms. The van der Waals surface area contributed by atoms with E-state index in [1.165, 1.54) is 0 Å². The third-order valence-electron chi connectivity index (χ3n) is 8.26. The van der Waals surface area contributed by atoms with Gasteiger partial charge in [0.2, 0.25) is 0 Å². The fourth-order valence-corrected chi connectivity index (χ4v) is 6.45. The van der Waals surface area contributed by atoms with Gasteiger partial charge in [0.15, 0.2) is 5.65 Å². The molecular formula is C33H41ClN8O3Si. The van der Waals surface area contributed by atoms with Crippen molar-refractivity contribution in [3.05, 3.63) is 71.3 Å². The van der Waals surface area contributed by atoms with E-state index in [9.17, 15) is 4.79 Å². The molecule has 1 amide bonds. The number of fused-ring (bicyclic) bond motifs is 2. The van der Waals surface area contributed by atoms with Gasteiger partial charge in [-0.1, -0.05) is 37.3 Å². The SMILES string of the molecule is CC(NC(=O)c1cn(COCC[Si](C)(C)C)c2ncc(-c3nn(CCN4CCOCC4)c4cc(Cl)ccc34)nc12)c1cccnc1. The van der Waals surface area contributed by atoms with E-state index in [2.05, 4.69) is 34.8 Å². The molecule has 1 fully saturated rings. The number of carbonyl (C=O) groups excluding carboxylic acids is 1. The quantitative estimate of drug-likeness (QED) is 0.135. The summed E-state index contributed by atoms with van der Waals surface area (Å²) in [6.45, 7) is 14.6. The normalized spacial score (nSPS) is 15.1. The Balaban J connectivity index is 1.35. The van der Waals surface area contributed by atoms with Crippen LogP contribution in [-0.4, -0.2) is 87.6 Å². The van der Waals surface area contributed by atoms with Crippen molar-refractivity contribution < 1.29 is 14.3 Å². The molecule has 0 aliphatic carbocycles. The molecule has 6 rings (SSSR count). The van der Waals surface area contributed by atoms with Gasteiger partial charge < -0.3 is 19.4 Å². The minimum Gasteiger partial charge on any atom is -0.379 e. The molecule has 1 unspecified atom stereocenters. The van der Waals surface area contributed by atoms with Crippen molar-refractivity contribution in [2.24, 2.45) is 0 Å². The van der Waals surface area contributed by atoms with Crippen LogP contribution < -0.4 is 5.32 Å². The first-order valence-electron chi connectivity index (χ1n) is 15.8. The largest absolute Gasteiger partial charge is 0.379 e. The molecule has 46 heavy (non-hydrogen) atoms. The standard InChI is InChI=1S/C33H41ClN8O3Si/c1-23(24-6-5-9-35-19-24)37-33(43)27-21-41(22-45-16-17-46(2,3)4)32-31(27)38-28(20-36-32)30-26-8-7-25(34)18-29(26)42(39-30)11-10-40-12-14-44-15-13-40/h5-9,18-21,23H,10-17,22H2,1-4H3,(H,37,43). The Morgan fingerprint density at radius 1 is 1.15 bits per heavy atom. The predicted molar refractivity (Wildman–Crippen MR) is 183 cm³/mol. The van der Waals surface area contributed by atoms with Crippen molar-refractivity contribution in [1.82, 2.24) is 39.5 Å². The lowest BCUT2D eigenvalue weighted by Gasteiger charge is -2.26. The maximum atomic E-state index is 13.8. The molecule has 0 radical (unpaired) electrons. The average Bonchev–Trinajstić information content (AvgIpc) is 3.60. The second-order valence-corrected chi connectivity index (χ2v) is 19.0. The van der Waals surface area contributed by atoms with Crippen LogP contribution in [0.5, 0.6) is 0 Å². The number of ether oxygens (including phenoxy) is 2. The second kappa shape index (κ2) is 14.0. The first-order chi connectivity index (χ1) is 22.2. The first-order valence-corrected chi connectivity index (χ1v) is 19.9. The van der Waals surface area contributed by atoms with E-state index < -0.39 is 8.07 Å². The Morgan fingerprint density at radius 2 is 1.98 bits per heavy atom. The minimum atomic E-state index is -1.25. The Hall–Kier alpha value is -3.68. The molecule has 5 heterocycles. The predicted octanol–water partition coefficient (Wildman–Crippen LogP) is 5.63. The van der Waals surface area contributed by atoms with Gasteiger partial charge in [-0.05, 0) is 42.8 Å². The van der Waals surface area contributed by atoms with Gasteiger partial charge in [0.05, 0.1) is 43.1 Å².